The van der Waals surface area contributed by atoms with E-state index in [2.05, 4.69) is 15.9 Å². The highest BCUT2D eigenvalue weighted by atomic mass is 79.9. The molecule has 0 radical (unpaired) electrons. The van der Waals surface area contributed by atoms with E-state index >= 15 is 0 Å². The molecule has 0 bridgehead atoms. The van der Waals surface area contributed by atoms with Gasteiger partial charge in [0.15, 0.2) is 6.73 Å². The number of rotatable bonds is 9. The Kier molecular flexibility index (Phi) is 9.35. The van der Waals surface area contributed by atoms with Gasteiger partial charge in [-0.05, 0) is 99.4 Å². The Balaban J connectivity index is 1.33. The van der Waals surface area contributed by atoms with Gasteiger partial charge in [-0.25, -0.2) is 4.52 Å². The molecule has 48 heavy (non-hydrogen) atoms. The third-order valence-electron chi connectivity index (χ3n) is 9.81. The first-order valence-corrected chi connectivity index (χ1v) is 17.4. The number of ether oxygens (including phenoxy) is 1. The normalized spacial score (nSPS) is 16.6. The molecule has 0 saturated heterocycles. The predicted molar refractivity (Wildman–Crippen MR) is 186 cm³/mol. The number of aromatic nitrogens is 3. The van der Waals surface area contributed by atoms with Crippen LogP contribution in [-0.4, -0.2) is 61.6 Å². The van der Waals surface area contributed by atoms with E-state index in [9.17, 15) is 19.2 Å². The monoisotopic (exact) mass is 715 g/mol. The first-order chi connectivity index (χ1) is 22.8. The molecule has 3 heterocycles. The maximum Gasteiger partial charge on any atom is 0.310 e. The van der Waals surface area contributed by atoms with Gasteiger partial charge in [0.2, 0.25) is 0 Å². The molecule has 2 atom stereocenters. The third kappa shape index (κ3) is 6.44. The van der Waals surface area contributed by atoms with E-state index in [1.165, 1.54) is 4.90 Å². The number of fused-ring (bicyclic) bond motifs is 3. The van der Waals surface area contributed by atoms with Crippen LogP contribution in [0.25, 0.3) is 11.3 Å². The fourth-order valence-corrected chi connectivity index (χ4v) is 6.46. The lowest BCUT2D eigenvalue weighted by molar-refractivity contribution is -0.152. The zero-order chi connectivity index (χ0) is 34.4. The molecule has 11 heteroatoms. The quantitative estimate of drug-likeness (QED) is 0.156. The van der Waals surface area contributed by atoms with Gasteiger partial charge in [-0.15, -0.1) is 0 Å². The summed E-state index contributed by atoms with van der Waals surface area (Å²) in [7, 11) is 1.59. The van der Waals surface area contributed by atoms with Gasteiger partial charge in [-0.3, -0.25) is 23.7 Å². The van der Waals surface area contributed by atoms with E-state index in [0.29, 0.717) is 40.4 Å². The fourth-order valence-electron chi connectivity index (χ4n) is 6.21. The van der Waals surface area contributed by atoms with E-state index in [-0.39, 0.29) is 54.5 Å². The lowest BCUT2D eigenvalue weighted by Gasteiger charge is -2.35. The fraction of sp³-hybridized carbons (Fsp3) is 0.432. The Hall–Kier alpha value is -4.25. The van der Waals surface area contributed by atoms with Gasteiger partial charge in [0.05, 0.1) is 30.0 Å². The van der Waals surface area contributed by atoms with E-state index < -0.39 is 0 Å². The van der Waals surface area contributed by atoms with Crippen molar-refractivity contribution in [2.24, 2.45) is 17.8 Å². The van der Waals surface area contributed by atoms with Crippen molar-refractivity contribution in [3.8, 4) is 5.69 Å². The summed E-state index contributed by atoms with van der Waals surface area (Å²) in [5, 5.41) is 4.79. The van der Waals surface area contributed by atoms with Gasteiger partial charge in [0.25, 0.3) is 17.4 Å². The van der Waals surface area contributed by atoms with E-state index in [1.807, 2.05) is 68.4 Å². The second-order valence-corrected chi connectivity index (χ2v) is 14.6. The van der Waals surface area contributed by atoms with Crippen molar-refractivity contribution < 1.29 is 19.1 Å². The molecule has 1 aliphatic carbocycles. The number of carbonyl (C=O) groups is 3. The number of hydrogen-bond acceptors (Lipinski definition) is 6. The number of aryl methyl sites for hydroxylation is 1. The number of nitrogens with zero attached hydrogens (tertiary/aromatic N) is 5. The SMILES string of the molecule is Cc1cc(C(=O)N2Cc3c(c(=O)n(-c4ccc(C(=O)N(C)COC(=O)[C@H](C)C(C)C)cc4)c4c(CC5CC5)cnn34)C[C@H]2C)ccc1Br. The van der Waals surface area contributed by atoms with Crippen LogP contribution in [0, 0.1) is 24.7 Å². The standard InChI is InChI=1S/C37H42BrN5O5/c1-21(2)24(5)37(47)48-20-40(6)34(44)26-9-12-29(13-10-26)42-33-28(17-25-7-8-25)18-39-43(33)32-19-41(23(4)16-30(32)36(42)46)35(45)27-11-14-31(38)22(3)15-27/h9-15,18,21,23-25H,7-8,16-17,19-20H2,1-6H3/t23-,24-/m1/s1. The van der Waals surface area contributed by atoms with Gasteiger partial charge >= 0.3 is 5.97 Å². The number of esters is 1. The number of hydrogen-bond donors (Lipinski definition) is 0. The minimum atomic E-state index is -0.344. The summed E-state index contributed by atoms with van der Waals surface area (Å²) in [5.41, 5.74) is 5.50. The smallest absolute Gasteiger partial charge is 0.310 e. The average Bonchev–Trinajstić information content (AvgIpc) is 3.81. The van der Waals surface area contributed by atoms with Crippen molar-refractivity contribution >= 4 is 39.4 Å². The molecule has 6 rings (SSSR count). The zero-order valence-electron chi connectivity index (χ0n) is 28.3. The highest BCUT2D eigenvalue weighted by Crippen LogP contribution is 2.35. The van der Waals surface area contributed by atoms with Crippen molar-refractivity contribution in [3.05, 3.63) is 97.0 Å². The molecule has 0 spiro atoms. The van der Waals surface area contributed by atoms with E-state index in [4.69, 9.17) is 9.84 Å². The Morgan fingerprint density at radius 2 is 1.75 bits per heavy atom. The van der Waals surface area contributed by atoms with Crippen LogP contribution in [-0.2, 0) is 28.9 Å². The molecule has 2 aliphatic rings. The first-order valence-electron chi connectivity index (χ1n) is 16.6. The molecular weight excluding hydrogens is 674 g/mol. The molecule has 252 valence electrons. The zero-order valence-corrected chi connectivity index (χ0v) is 29.9. The lowest BCUT2D eigenvalue weighted by atomic mass is 9.98. The van der Waals surface area contributed by atoms with Crippen LogP contribution in [0.5, 0.6) is 0 Å². The molecule has 0 unspecified atom stereocenters. The Morgan fingerprint density at radius 3 is 2.40 bits per heavy atom. The molecule has 4 aromatic rings. The molecule has 2 aromatic carbocycles. The van der Waals surface area contributed by atoms with E-state index in [1.54, 1.807) is 35.9 Å². The largest absolute Gasteiger partial charge is 0.444 e. The number of amides is 2. The van der Waals surface area contributed by atoms with Crippen LogP contribution >= 0.6 is 15.9 Å². The average molecular weight is 717 g/mol. The molecule has 1 saturated carbocycles. The Labute approximate surface area is 288 Å². The lowest BCUT2D eigenvalue weighted by Crippen LogP contribution is -2.46. The second-order valence-electron chi connectivity index (χ2n) is 13.7. The van der Waals surface area contributed by atoms with Crippen molar-refractivity contribution in [3.63, 3.8) is 0 Å². The maximum absolute atomic E-state index is 14.4. The van der Waals surface area contributed by atoms with Gasteiger partial charge in [-0.2, -0.15) is 5.10 Å². The maximum atomic E-state index is 14.4. The molecule has 1 aliphatic heterocycles. The van der Waals surface area contributed by atoms with Gasteiger partial charge in [-0.1, -0.05) is 36.7 Å². The second kappa shape index (κ2) is 13.3. The van der Waals surface area contributed by atoms with Crippen molar-refractivity contribution in [1.29, 1.82) is 0 Å². The minimum absolute atomic E-state index is 0.0825. The molecule has 2 aromatic heterocycles. The summed E-state index contributed by atoms with van der Waals surface area (Å²) >= 11 is 3.52. The topological polar surface area (TPSA) is 106 Å². The van der Waals surface area contributed by atoms with Crippen LogP contribution in [0.15, 0.2) is 57.9 Å². The van der Waals surface area contributed by atoms with Gasteiger partial charge in [0.1, 0.15) is 5.65 Å². The number of carbonyl (C=O) groups excluding carboxylic acids is 3. The third-order valence-corrected chi connectivity index (χ3v) is 10.7. The molecule has 2 amide bonds. The highest BCUT2D eigenvalue weighted by molar-refractivity contribution is 9.10. The molecule has 10 nitrogen and oxygen atoms in total. The Bertz CT molecular complexity index is 1960. The summed E-state index contributed by atoms with van der Waals surface area (Å²) in [6.45, 7) is 9.75. The molecule has 1 fully saturated rings. The van der Waals surface area contributed by atoms with Crippen LogP contribution < -0.4 is 5.56 Å². The summed E-state index contributed by atoms with van der Waals surface area (Å²) < 4.78 is 9.86. The molecule has 0 N–H and O–H groups in total. The van der Waals surface area contributed by atoms with Crippen LogP contribution in [0.1, 0.15) is 83.6 Å². The van der Waals surface area contributed by atoms with Crippen LogP contribution in [0.2, 0.25) is 0 Å². The van der Waals surface area contributed by atoms with Gasteiger partial charge < -0.3 is 14.5 Å². The van der Waals surface area contributed by atoms with Crippen molar-refractivity contribution in [2.45, 2.75) is 72.9 Å². The molecular formula is C37H42BrN5O5. The summed E-state index contributed by atoms with van der Waals surface area (Å²) in [6, 6.07) is 12.3. The van der Waals surface area contributed by atoms with E-state index in [0.717, 1.165) is 40.6 Å². The summed E-state index contributed by atoms with van der Waals surface area (Å²) in [5.74, 6) is -0.298. The van der Waals surface area contributed by atoms with Crippen LogP contribution in [0.4, 0.5) is 0 Å². The predicted octanol–water partition coefficient (Wildman–Crippen LogP) is 5.96. The van der Waals surface area contributed by atoms with Crippen molar-refractivity contribution in [2.75, 3.05) is 13.8 Å². The minimum Gasteiger partial charge on any atom is -0.444 e. The first kappa shape index (κ1) is 33.6. The number of halogens is 1. The van der Waals surface area contributed by atoms with Gasteiger partial charge in [0, 0.05) is 39.8 Å². The highest BCUT2D eigenvalue weighted by Gasteiger charge is 2.34. The Morgan fingerprint density at radius 1 is 1.06 bits per heavy atom. The van der Waals surface area contributed by atoms with Crippen molar-refractivity contribution in [1.82, 2.24) is 24.0 Å². The summed E-state index contributed by atoms with van der Waals surface area (Å²) in [4.78, 5) is 56.9. The summed E-state index contributed by atoms with van der Waals surface area (Å²) in [6.07, 6.45) is 5.34. The number of benzene rings is 2. The van der Waals surface area contributed by atoms with Crippen LogP contribution in [0.3, 0.4) is 0 Å².